The van der Waals surface area contributed by atoms with Gasteiger partial charge in [-0.1, -0.05) is 36.9 Å². The van der Waals surface area contributed by atoms with E-state index in [-0.39, 0.29) is 5.97 Å². The van der Waals surface area contributed by atoms with Crippen LogP contribution in [-0.2, 0) is 9.53 Å². The molecule has 96 valence electrons. The molecule has 2 rings (SSSR count). The summed E-state index contributed by atoms with van der Waals surface area (Å²) in [6.07, 6.45) is 5.63. The average molecular weight is 244 g/mol. The maximum Gasteiger partial charge on any atom is 0.303 e. The second-order valence-electron chi connectivity index (χ2n) is 5.05. The molecule has 0 unspecified atom stereocenters. The number of benzene rings is 1. The highest BCUT2D eigenvalue weighted by molar-refractivity contribution is 5.66. The van der Waals surface area contributed by atoms with E-state index in [2.05, 4.69) is 30.8 Å². The number of carbonyl (C=O) groups excluding carboxylic acids is 1. The molecule has 18 heavy (non-hydrogen) atoms. The lowest BCUT2D eigenvalue weighted by atomic mass is 9.76. The molecule has 1 fully saturated rings. The minimum absolute atomic E-state index is 0.215. The summed E-state index contributed by atoms with van der Waals surface area (Å²) >= 11 is 0. The van der Waals surface area contributed by atoms with E-state index in [1.165, 1.54) is 12.5 Å². The van der Waals surface area contributed by atoms with Crippen LogP contribution in [0.5, 0.6) is 0 Å². The van der Waals surface area contributed by atoms with Crippen molar-refractivity contribution in [2.75, 3.05) is 0 Å². The normalized spacial score (nSPS) is 27.5. The Morgan fingerprint density at radius 3 is 2.44 bits per heavy atom. The van der Waals surface area contributed by atoms with Crippen LogP contribution in [0, 0.1) is 0 Å². The van der Waals surface area contributed by atoms with Crippen LogP contribution < -0.4 is 0 Å². The Balaban J connectivity index is 2.03. The van der Waals surface area contributed by atoms with Gasteiger partial charge >= 0.3 is 5.97 Å². The van der Waals surface area contributed by atoms with Crippen LogP contribution in [0.4, 0.5) is 0 Å². The lowest BCUT2D eigenvalue weighted by molar-refractivity contribution is -0.155. The van der Waals surface area contributed by atoms with Gasteiger partial charge in [0.2, 0.25) is 0 Å². The second kappa shape index (κ2) is 5.38. The third-order valence-electron chi connectivity index (χ3n) is 3.82. The van der Waals surface area contributed by atoms with Crippen molar-refractivity contribution in [3.63, 3.8) is 0 Å². The first-order valence-electron chi connectivity index (χ1n) is 6.53. The van der Waals surface area contributed by atoms with Gasteiger partial charge in [0.15, 0.2) is 0 Å². The summed E-state index contributed by atoms with van der Waals surface area (Å²) in [4.78, 5) is 11.2. The van der Waals surface area contributed by atoms with Crippen molar-refractivity contribution >= 4 is 5.97 Å². The summed E-state index contributed by atoms with van der Waals surface area (Å²) in [5, 5.41) is 0. The minimum Gasteiger partial charge on any atom is -0.455 e. The van der Waals surface area contributed by atoms with Crippen molar-refractivity contribution in [1.29, 1.82) is 0 Å². The second-order valence-corrected chi connectivity index (χ2v) is 5.05. The summed E-state index contributed by atoms with van der Waals surface area (Å²) in [6, 6.07) is 10.6. The fraction of sp³-hybridized carbons (Fsp3) is 0.438. The largest absolute Gasteiger partial charge is 0.455 e. The molecule has 0 N–H and O–H groups in total. The molecule has 0 aliphatic heterocycles. The Kier molecular flexibility index (Phi) is 3.85. The van der Waals surface area contributed by atoms with E-state index in [1.807, 2.05) is 6.07 Å². The molecule has 0 spiro atoms. The van der Waals surface area contributed by atoms with E-state index in [9.17, 15) is 4.79 Å². The monoisotopic (exact) mass is 244 g/mol. The molecule has 0 heterocycles. The number of hydrogen-bond donors (Lipinski definition) is 0. The van der Waals surface area contributed by atoms with Gasteiger partial charge in [0.05, 0.1) is 0 Å². The van der Waals surface area contributed by atoms with Crippen molar-refractivity contribution in [3.05, 3.63) is 48.6 Å². The van der Waals surface area contributed by atoms with Crippen molar-refractivity contribution in [3.8, 4) is 0 Å². The Hall–Kier alpha value is -1.57. The number of ether oxygens (including phenoxy) is 1. The maximum absolute atomic E-state index is 11.2. The molecular formula is C16H20O2. The van der Waals surface area contributed by atoms with Crippen LogP contribution in [0.25, 0.3) is 0 Å². The van der Waals surface area contributed by atoms with E-state index in [4.69, 9.17) is 4.74 Å². The molecule has 1 aliphatic carbocycles. The smallest absolute Gasteiger partial charge is 0.303 e. The molecule has 0 atom stereocenters. The summed E-state index contributed by atoms with van der Waals surface area (Å²) in [7, 11) is 0. The Labute approximate surface area is 109 Å². The lowest BCUT2D eigenvalue weighted by Gasteiger charge is -2.37. The van der Waals surface area contributed by atoms with Crippen LogP contribution >= 0.6 is 0 Å². The van der Waals surface area contributed by atoms with Gasteiger partial charge in [-0.15, -0.1) is 0 Å². The standard InChI is InChI=1S/C16H20O2/c1-3-16(18-13(2)17)11-9-15(10-12-16)14-7-5-4-6-8-14/h3-8,15H,1,9-12H2,2H3. The average Bonchev–Trinajstić information content (AvgIpc) is 2.40. The van der Waals surface area contributed by atoms with E-state index >= 15 is 0 Å². The number of rotatable bonds is 3. The fourth-order valence-corrected chi connectivity index (χ4v) is 2.80. The Morgan fingerprint density at radius 1 is 1.33 bits per heavy atom. The van der Waals surface area contributed by atoms with E-state index < -0.39 is 5.60 Å². The van der Waals surface area contributed by atoms with Gasteiger partial charge in [-0.3, -0.25) is 4.79 Å². The van der Waals surface area contributed by atoms with Crippen LogP contribution in [0.1, 0.15) is 44.1 Å². The molecule has 0 saturated heterocycles. The predicted octanol–water partition coefficient (Wildman–Crippen LogP) is 3.83. The highest BCUT2D eigenvalue weighted by Crippen LogP contribution is 2.40. The van der Waals surface area contributed by atoms with Crippen molar-refractivity contribution in [2.45, 2.75) is 44.1 Å². The molecule has 2 heteroatoms. The SMILES string of the molecule is C=CC1(OC(C)=O)CCC(c2ccccc2)CC1. The Morgan fingerprint density at radius 2 is 1.94 bits per heavy atom. The van der Waals surface area contributed by atoms with E-state index in [1.54, 1.807) is 6.08 Å². The van der Waals surface area contributed by atoms with Gasteiger partial charge in [0, 0.05) is 6.92 Å². The van der Waals surface area contributed by atoms with Gasteiger partial charge in [-0.25, -0.2) is 0 Å². The molecule has 0 radical (unpaired) electrons. The van der Waals surface area contributed by atoms with Gasteiger partial charge in [-0.2, -0.15) is 0 Å². The molecule has 1 aromatic rings. The number of carbonyl (C=O) groups is 1. The first-order valence-corrected chi connectivity index (χ1v) is 6.53. The van der Waals surface area contributed by atoms with Gasteiger partial charge in [0.1, 0.15) is 5.60 Å². The third-order valence-corrected chi connectivity index (χ3v) is 3.82. The lowest BCUT2D eigenvalue weighted by Crippen LogP contribution is -2.36. The van der Waals surface area contributed by atoms with Crippen LogP contribution in [0.15, 0.2) is 43.0 Å². The van der Waals surface area contributed by atoms with Gasteiger partial charge in [-0.05, 0) is 43.2 Å². The van der Waals surface area contributed by atoms with Crippen molar-refractivity contribution < 1.29 is 9.53 Å². The fourth-order valence-electron chi connectivity index (χ4n) is 2.80. The first kappa shape index (κ1) is 12.9. The zero-order valence-electron chi connectivity index (χ0n) is 10.9. The summed E-state index contributed by atoms with van der Waals surface area (Å²) < 4.78 is 5.46. The molecule has 1 saturated carbocycles. The zero-order valence-corrected chi connectivity index (χ0v) is 10.9. The predicted molar refractivity (Wildman–Crippen MR) is 72.3 cm³/mol. The molecule has 0 aromatic heterocycles. The van der Waals surface area contributed by atoms with Gasteiger partial charge < -0.3 is 4.74 Å². The molecule has 1 aromatic carbocycles. The number of esters is 1. The minimum atomic E-state index is -0.433. The van der Waals surface area contributed by atoms with Crippen LogP contribution in [0.2, 0.25) is 0 Å². The van der Waals surface area contributed by atoms with E-state index in [0.717, 1.165) is 25.7 Å². The van der Waals surface area contributed by atoms with E-state index in [0.29, 0.717) is 5.92 Å². The topological polar surface area (TPSA) is 26.3 Å². The summed E-state index contributed by atoms with van der Waals surface area (Å²) in [5.41, 5.74) is 0.954. The zero-order chi connectivity index (χ0) is 13.0. The highest BCUT2D eigenvalue weighted by Gasteiger charge is 2.35. The quantitative estimate of drug-likeness (QED) is 0.596. The highest BCUT2D eigenvalue weighted by atomic mass is 16.6. The van der Waals surface area contributed by atoms with Gasteiger partial charge in [0.25, 0.3) is 0 Å². The molecule has 1 aliphatic rings. The van der Waals surface area contributed by atoms with Crippen molar-refractivity contribution in [1.82, 2.24) is 0 Å². The Bertz CT molecular complexity index is 414. The molecule has 0 amide bonds. The summed E-state index contributed by atoms with van der Waals surface area (Å²) in [5.74, 6) is 0.364. The first-order chi connectivity index (χ1) is 8.65. The molecular weight excluding hydrogens is 224 g/mol. The van der Waals surface area contributed by atoms with Crippen LogP contribution in [-0.4, -0.2) is 11.6 Å². The molecule has 0 bridgehead atoms. The van der Waals surface area contributed by atoms with Crippen molar-refractivity contribution in [2.24, 2.45) is 0 Å². The van der Waals surface area contributed by atoms with Crippen LogP contribution in [0.3, 0.4) is 0 Å². The number of hydrogen-bond acceptors (Lipinski definition) is 2. The molecule has 2 nitrogen and oxygen atoms in total. The third kappa shape index (κ3) is 2.81. The summed E-state index contributed by atoms with van der Waals surface area (Å²) in [6.45, 7) is 5.30. The maximum atomic E-state index is 11.2.